The van der Waals surface area contributed by atoms with E-state index in [2.05, 4.69) is 5.32 Å². The van der Waals surface area contributed by atoms with Gasteiger partial charge in [-0.05, 0) is 13.8 Å². The van der Waals surface area contributed by atoms with Gasteiger partial charge in [0.2, 0.25) is 5.91 Å². The predicted molar refractivity (Wildman–Crippen MR) is 55.1 cm³/mol. The normalized spacial score (nSPS) is 21.5. The second-order valence-electron chi connectivity index (χ2n) is 3.48. The minimum atomic E-state index is -0.346. The Labute approximate surface area is 89.1 Å². The molecule has 0 radical (unpaired) electrons. The fourth-order valence-corrected chi connectivity index (χ4v) is 1.33. The van der Waals surface area contributed by atoms with E-state index in [0.29, 0.717) is 13.1 Å². The largest absolute Gasteiger partial charge is 0.442 e. The number of allylic oxidation sites excluding steroid dienone is 2. The maximum atomic E-state index is 11.4. The van der Waals surface area contributed by atoms with Crippen molar-refractivity contribution in [3.63, 3.8) is 0 Å². The van der Waals surface area contributed by atoms with Crippen molar-refractivity contribution >= 4 is 12.0 Å². The van der Waals surface area contributed by atoms with Gasteiger partial charge < -0.3 is 10.1 Å². The van der Waals surface area contributed by atoms with Gasteiger partial charge in [-0.3, -0.25) is 9.69 Å². The monoisotopic (exact) mass is 212 g/mol. The summed E-state index contributed by atoms with van der Waals surface area (Å²) in [5.41, 5.74) is 0.866. The highest BCUT2D eigenvalue weighted by molar-refractivity contribution is 5.74. The average Bonchev–Trinajstić information content (AvgIpc) is 2.55. The molecule has 5 nitrogen and oxygen atoms in total. The zero-order valence-electron chi connectivity index (χ0n) is 9.24. The van der Waals surface area contributed by atoms with Crippen LogP contribution in [0.4, 0.5) is 4.79 Å². The second kappa shape index (κ2) is 4.82. The summed E-state index contributed by atoms with van der Waals surface area (Å²) in [4.78, 5) is 23.6. The number of nitrogens with zero attached hydrogens (tertiary/aromatic N) is 1. The van der Waals surface area contributed by atoms with Crippen molar-refractivity contribution in [1.82, 2.24) is 10.2 Å². The van der Waals surface area contributed by atoms with Gasteiger partial charge in [-0.1, -0.05) is 6.08 Å². The quantitative estimate of drug-likeness (QED) is 0.755. The van der Waals surface area contributed by atoms with E-state index in [0.717, 1.165) is 5.70 Å². The molecule has 0 aromatic heterocycles. The minimum absolute atomic E-state index is 0.118. The number of carbonyl (C=O) groups is 2. The van der Waals surface area contributed by atoms with Gasteiger partial charge in [-0.25, -0.2) is 4.79 Å². The molecule has 1 saturated heterocycles. The maximum Gasteiger partial charge on any atom is 0.414 e. The van der Waals surface area contributed by atoms with Crippen molar-refractivity contribution in [2.24, 2.45) is 0 Å². The highest BCUT2D eigenvalue weighted by Crippen LogP contribution is 2.15. The molecule has 0 aromatic rings. The molecule has 0 aromatic carbocycles. The van der Waals surface area contributed by atoms with E-state index in [1.807, 2.05) is 19.9 Å². The van der Waals surface area contributed by atoms with Gasteiger partial charge in [-0.15, -0.1) is 0 Å². The topological polar surface area (TPSA) is 58.6 Å². The molecular weight excluding hydrogens is 196 g/mol. The van der Waals surface area contributed by atoms with Crippen molar-refractivity contribution < 1.29 is 14.3 Å². The molecule has 2 amide bonds. The van der Waals surface area contributed by atoms with Crippen LogP contribution in [-0.2, 0) is 9.53 Å². The molecular formula is C10H16N2O3. The summed E-state index contributed by atoms with van der Waals surface area (Å²) < 4.78 is 5.08. The van der Waals surface area contributed by atoms with Crippen molar-refractivity contribution in [3.8, 4) is 0 Å². The second-order valence-corrected chi connectivity index (χ2v) is 3.48. The zero-order valence-corrected chi connectivity index (χ0v) is 9.24. The third-order valence-electron chi connectivity index (χ3n) is 2.30. The molecule has 84 valence electrons. The van der Waals surface area contributed by atoms with E-state index in [1.54, 1.807) is 4.90 Å². The molecule has 1 rings (SSSR count). The van der Waals surface area contributed by atoms with E-state index in [4.69, 9.17) is 4.74 Å². The molecule has 1 N–H and O–H groups in total. The summed E-state index contributed by atoms with van der Waals surface area (Å²) in [5, 5.41) is 2.62. The summed E-state index contributed by atoms with van der Waals surface area (Å²) in [6.07, 6.45) is 1.25. The number of ether oxygens (including phenoxy) is 1. The predicted octanol–water partition coefficient (Wildman–Crippen LogP) is 0.867. The maximum absolute atomic E-state index is 11.4. The van der Waals surface area contributed by atoms with Gasteiger partial charge in [0.05, 0.1) is 13.1 Å². The van der Waals surface area contributed by atoms with E-state index >= 15 is 0 Å². The lowest BCUT2D eigenvalue weighted by atomic mass is 10.3. The third-order valence-corrected chi connectivity index (χ3v) is 2.30. The Kier molecular flexibility index (Phi) is 3.71. The van der Waals surface area contributed by atoms with Crippen LogP contribution in [0, 0.1) is 0 Å². The first-order valence-electron chi connectivity index (χ1n) is 4.90. The standard InChI is InChI=1S/C10H16N2O3/c1-4-7(2)12-6-9(15-10(12)14)5-11-8(3)13/h4,9H,5-6H2,1-3H3,(H,11,13)/b7-4+. The lowest BCUT2D eigenvalue weighted by Crippen LogP contribution is -2.32. The van der Waals surface area contributed by atoms with Crippen LogP contribution < -0.4 is 5.32 Å². The van der Waals surface area contributed by atoms with Crippen molar-refractivity contribution in [1.29, 1.82) is 0 Å². The Balaban J connectivity index is 2.49. The Hall–Kier alpha value is -1.52. The average molecular weight is 212 g/mol. The van der Waals surface area contributed by atoms with Crippen molar-refractivity contribution in [3.05, 3.63) is 11.8 Å². The molecule has 0 saturated carbocycles. The first-order chi connectivity index (χ1) is 7.04. The number of nitrogens with one attached hydrogen (secondary N) is 1. The summed E-state index contributed by atoms with van der Waals surface area (Å²) in [6.45, 7) is 6.02. The fourth-order valence-electron chi connectivity index (χ4n) is 1.33. The SMILES string of the molecule is C/C=C(\C)N1CC(CNC(C)=O)OC1=O. The highest BCUT2D eigenvalue weighted by atomic mass is 16.6. The summed E-state index contributed by atoms with van der Waals surface area (Å²) in [5.74, 6) is -0.118. The Morgan fingerprint density at radius 1 is 1.67 bits per heavy atom. The van der Waals surface area contributed by atoms with Gasteiger partial charge in [0, 0.05) is 12.6 Å². The van der Waals surface area contributed by atoms with E-state index in [9.17, 15) is 9.59 Å². The molecule has 1 fully saturated rings. The van der Waals surface area contributed by atoms with Crippen LogP contribution in [0.2, 0.25) is 0 Å². The van der Waals surface area contributed by atoms with Crippen LogP contribution in [0.3, 0.4) is 0 Å². The summed E-state index contributed by atoms with van der Waals surface area (Å²) in [6, 6.07) is 0. The number of cyclic esters (lactones) is 1. The van der Waals surface area contributed by atoms with Crippen LogP contribution >= 0.6 is 0 Å². The molecule has 15 heavy (non-hydrogen) atoms. The smallest absolute Gasteiger partial charge is 0.414 e. The van der Waals surface area contributed by atoms with Crippen LogP contribution in [0.5, 0.6) is 0 Å². The molecule has 1 heterocycles. The molecule has 5 heteroatoms. The van der Waals surface area contributed by atoms with E-state index < -0.39 is 0 Å². The van der Waals surface area contributed by atoms with E-state index in [-0.39, 0.29) is 18.1 Å². The Morgan fingerprint density at radius 3 is 2.87 bits per heavy atom. The first-order valence-corrected chi connectivity index (χ1v) is 4.90. The minimum Gasteiger partial charge on any atom is -0.442 e. The van der Waals surface area contributed by atoms with E-state index in [1.165, 1.54) is 6.92 Å². The van der Waals surface area contributed by atoms with Gasteiger partial charge in [0.15, 0.2) is 0 Å². The fraction of sp³-hybridized carbons (Fsp3) is 0.600. The molecule has 0 bridgehead atoms. The molecule has 0 aliphatic carbocycles. The molecule has 1 unspecified atom stereocenters. The number of carbonyl (C=O) groups excluding carboxylic acids is 2. The van der Waals surface area contributed by atoms with Gasteiger partial charge in [-0.2, -0.15) is 0 Å². The molecule has 1 aliphatic rings. The number of hydrogen-bond donors (Lipinski definition) is 1. The third kappa shape index (κ3) is 2.97. The van der Waals surface area contributed by atoms with Crippen LogP contribution in [0.1, 0.15) is 20.8 Å². The highest BCUT2D eigenvalue weighted by Gasteiger charge is 2.31. The summed E-state index contributed by atoms with van der Waals surface area (Å²) in [7, 11) is 0. The molecule has 0 spiro atoms. The van der Waals surface area contributed by atoms with Gasteiger partial charge in [0.25, 0.3) is 0 Å². The van der Waals surface area contributed by atoms with Gasteiger partial charge >= 0.3 is 6.09 Å². The Bertz CT molecular complexity index is 299. The zero-order chi connectivity index (χ0) is 11.4. The molecule has 1 aliphatic heterocycles. The first kappa shape index (κ1) is 11.6. The van der Waals surface area contributed by atoms with Crippen LogP contribution in [-0.4, -0.2) is 36.1 Å². The van der Waals surface area contributed by atoms with Gasteiger partial charge in [0.1, 0.15) is 6.10 Å². The number of rotatable bonds is 3. The molecule has 1 atom stereocenters. The lowest BCUT2D eigenvalue weighted by Gasteiger charge is -2.12. The Morgan fingerprint density at radius 2 is 2.33 bits per heavy atom. The number of amides is 2. The van der Waals surface area contributed by atoms with Crippen LogP contribution in [0.15, 0.2) is 11.8 Å². The number of hydrogen-bond acceptors (Lipinski definition) is 3. The summed E-state index contributed by atoms with van der Waals surface area (Å²) >= 11 is 0. The van der Waals surface area contributed by atoms with Crippen molar-refractivity contribution in [2.45, 2.75) is 26.9 Å². The van der Waals surface area contributed by atoms with Crippen molar-refractivity contribution in [2.75, 3.05) is 13.1 Å². The lowest BCUT2D eigenvalue weighted by molar-refractivity contribution is -0.119. The van der Waals surface area contributed by atoms with Crippen LogP contribution in [0.25, 0.3) is 0 Å².